The Balaban J connectivity index is 1.60. The highest BCUT2D eigenvalue weighted by atomic mass is 32.2. The second-order valence-corrected chi connectivity index (χ2v) is 7.29. The van der Waals surface area contributed by atoms with Crippen LogP contribution < -0.4 is 5.32 Å². The van der Waals surface area contributed by atoms with E-state index in [1.807, 2.05) is 30.3 Å². The fourth-order valence-corrected chi connectivity index (χ4v) is 3.53. The summed E-state index contributed by atoms with van der Waals surface area (Å²) in [5.41, 5.74) is 1.88. The Morgan fingerprint density at radius 2 is 2.13 bits per heavy atom. The number of hydrogen-bond donors (Lipinski definition) is 1. The number of carbonyl (C=O) groups excluding carboxylic acids is 1. The predicted octanol–water partition coefficient (Wildman–Crippen LogP) is 3.94. The number of thioether (sulfide) groups is 1. The number of aromatic nitrogens is 3. The molecule has 0 unspecified atom stereocenters. The van der Waals surface area contributed by atoms with Crippen LogP contribution in [0, 0.1) is 0 Å². The molecule has 0 saturated heterocycles. The van der Waals surface area contributed by atoms with E-state index in [1.54, 1.807) is 6.33 Å². The minimum atomic E-state index is -0.0845. The van der Waals surface area contributed by atoms with Crippen molar-refractivity contribution in [3.8, 4) is 0 Å². The molecule has 3 rings (SSSR count). The number of carbonyl (C=O) groups is 1. The Morgan fingerprint density at radius 1 is 1.30 bits per heavy atom. The highest BCUT2D eigenvalue weighted by molar-refractivity contribution is 7.99. The maximum Gasteiger partial charge on any atom is 0.236 e. The molecule has 0 atom stereocenters. The highest BCUT2D eigenvalue weighted by Gasteiger charge is 2.09. The number of hydrogen-bond acceptors (Lipinski definition) is 6. The molecule has 118 valence electrons. The fourth-order valence-electron chi connectivity index (χ4n) is 1.97. The van der Waals surface area contributed by atoms with Crippen LogP contribution in [0.5, 0.6) is 0 Å². The molecule has 5 nitrogen and oxygen atoms in total. The van der Waals surface area contributed by atoms with Crippen LogP contribution in [-0.4, -0.2) is 26.6 Å². The quantitative estimate of drug-likeness (QED) is 0.561. The van der Waals surface area contributed by atoms with E-state index in [2.05, 4.69) is 34.1 Å². The Labute approximate surface area is 142 Å². The first kappa shape index (κ1) is 15.9. The first-order valence-corrected chi connectivity index (χ1v) is 9.02. The predicted molar refractivity (Wildman–Crippen MR) is 95.1 cm³/mol. The van der Waals surface area contributed by atoms with Crippen molar-refractivity contribution in [3.63, 3.8) is 0 Å². The molecule has 7 heteroatoms. The van der Waals surface area contributed by atoms with E-state index in [-0.39, 0.29) is 5.91 Å². The fraction of sp³-hybridized carbons (Fsp3) is 0.250. The molecular weight excluding hydrogens is 328 g/mol. The molecule has 1 N–H and O–H groups in total. The number of anilines is 1. The molecule has 0 aliphatic rings. The second-order valence-electron chi connectivity index (χ2n) is 5.26. The lowest BCUT2D eigenvalue weighted by atomic mass is 10.1. The topological polar surface area (TPSA) is 67.8 Å². The summed E-state index contributed by atoms with van der Waals surface area (Å²) < 4.78 is 1.06. The molecule has 0 radical (unpaired) electrons. The van der Waals surface area contributed by atoms with Crippen LogP contribution >= 0.6 is 23.1 Å². The Morgan fingerprint density at radius 3 is 2.91 bits per heavy atom. The van der Waals surface area contributed by atoms with Crippen molar-refractivity contribution < 1.29 is 4.79 Å². The lowest BCUT2D eigenvalue weighted by molar-refractivity contribution is -0.113. The van der Waals surface area contributed by atoms with Gasteiger partial charge in [-0.25, -0.2) is 15.0 Å². The van der Waals surface area contributed by atoms with Gasteiger partial charge in [0.15, 0.2) is 5.13 Å². The monoisotopic (exact) mass is 344 g/mol. The molecule has 0 spiro atoms. The van der Waals surface area contributed by atoms with Gasteiger partial charge in [-0.3, -0.25) is 4.79 Å². The first-order valence-electron chi connectivity index (χ1n) is 7.22. The second kappa shape index (κ2) is 7.06. The van der Waals surface area contributed by atoms with Crippen LogP contribution in [0.25, 0.3) is 10.2 Å². The lowest BCUT2D eigenvalue weighted by Crippen LogP contribution is -2.13. The SMILES string of the molecule is CC(C)c1cc(SCC(=O)Nc2nc3ccccc3s2)ncn1. The average molecular weight is 344 g/mol. The van der Waals surface area contributed by atoms with Gasteiger partial charge in [-0.15, -0.1) is 0 Å². The molecule has 0 fully saturated rings. The molecular formula is C16H16N4OS2. The van der Waals surface area contributed by atoms with Crippen molar-refractivity contribution in [2.45, 2.75) is 24.8 Å². The zero-order chi connectivity index (χ0) is 16.2. The van der Waals surface area contributed by atoms with Gasteiger partial charge in [-0.05, 0) is 24.1 Å². The van der Waals surface area contributed by atoms with Crippen molar-refractivity contribution in [2.24, 2.45) is 0 Å². The van der Waals surface area contributed by atoms with Gasteiger partial charge in [-0.1, -0.05) is 49.1 Å². The van der Waals surface area contributed by atoms with Crippen molar-refractivity contribution in [1.82, 2.24) is 15.0 Å². The number of rotatable bonds is 5. The van der Waals surface area contributed by atoms with Gasteiger partial charge >= 0.3 is 0 Å². The van der Waals surface area contributed by atoms with Crippen molar-refractivity contribution in [3.05, 3.63) is 42.4 Å². The first-order chi connectivity index (χ1) is 11.1. The third kappa shape index (κ3) is 4.05. The normalized spacial score (nSPS) is 11.1. The Kier molecular flexibility index (Phi) is 4.88. The zero-order valence-corrected chi connectivity index (χ0v) is 14.4. The van der Waals surface area contributed by atoms with Gasteiger partial charge in [-0.2, -0.15) is 0 Å². The summed E-state index contributed by atoms with van der Waals surface area (Å²) in [5.74, 6) is 0.553. The summed E-state index contributed by atoms with van der Waals surface area (Å²) in [6, 6.07) is 9.75. The zero-order valence-electron chi connectivity index (χ0n) is 12.8. The minimum absolute atomic E-state index is 0.0845. The molecule has 0 aliphatic carbocycles. The van der Waals surface area contributed by atoms with E-state index in [9.17, 15) is 4.79 Å². The van der Waals surface area contributed by atoms with Gasteiger partial charge in [0.25, 0.3) is 0 Å². The molecule has 23 heavy (non-hydrogen) atoms. The molecule has 2 heterocycles. The summed E-state index contributed by atoms with van der Waals surface area (Å²) in [7, 11) is 0. The Hall–Kier alpha value is -1.99. The maximum atomic E-state index is 12.1. The van der Waals surface area contributed by atoms with Crippen molar-refractivity contribution >= 4 is 44.4 Å². The number of thiazole rings is 1. The number of amides is 1. The van der Waals surface area contributed by atoms with E-state index in [4.69, 9.17) is 0 Å². The third-order valence-corrected chi connectivity index (χ3v) is 5.02. The molecule has 0 saturated carbocycles. The number of nitrogens with one attached hydrogen (secondary N) is 1. The van der Waals surface area contributed by atoms with Gasteiger partial charge in [0, 0.05) is 5.69 Å². The van der Waals surface area contributed by atoms with E-state index in [0.717, 1.165) is 20.9 Å². The summed E-state index contributed by atoms with van der Waals surface area (Å²) in [5, 5.41) is 4.28. The molecule has 2 aromatic heterocycles. The van der Waals surface area contributed by atoms with E-state index in [0.29, 0.717) is 16.8 Å². The smallest absolute Gasteiger partial charge is 0.236 e. The van der Waals surface area contributed by atoms with Crippen LogP contribution in [0.4, 0.5) is 5.13 Å². The minimum Gasteiger partial charge on any atom is -0.301 e. The van der Waals surface area contributed by atoms with Crippen LogP contribution in [0.3, 0.4) is 0 Å². The van der Waals surface area contributed by atoms with Crippen molar-refractivity contribution in [2.75, 3.05) is 11.1 Å². The molecule has 0 aliphatic heterocycles. The summed E-state index contributed by atoms with van der Waals surface area (Å²) in [6.07, 6.45) is 1.54. The summed E-state index contributed by atoms with van der Waals surface area (Å²) >= 11 is 2.88. The average Bonchev–Trinajstić information content (AvgIpc) is 2.95. The number of para-hydroxylation sites is 1. The van der Waals surface area contributed by atoms with Gasteiger partial charge in [0.1, 0.15) is 11.4 Å². The van der Waals surface area contributed by atoms with E-state index < -0.39 is 0 Å². The van der Waals surface area contributed by atoms with Crippen LogP contribution in [0.2, 0.25) is 0 Å². The summed E-state index contributed by atoms with van der Waals surface area (Å²) in [6.45, 7) is 4.16. The van der Waals surface area contributed by atoms with Crippen LogP contribution in [0.1, 0.15) is 25.5 Å². The third-order valence-electron chi connectivity index (χ3n) is 3.15. The maximum absolute atomic E-state index is 12.1. The Bertz CT molecular complexity index is 799. The number of fused-ring (bicyclic) bond motifs is 1. The van der Waals surface area contributed by atoms with Gasteiger partial charge in [0.2, 0.25) is 5.91 Å². The van der Waals surface area contributed by atoms with Crippen LogP contribution in [-0.2, 0) is 4.79 Å². The van der Waals surface area contributed by atoms with Gasteiger partial charge < -0.3 is 5.32 Å². The van der Waals surface area contributed by atoms with Gasteiger partial charge in [0.05, 0.1) is 16.0 Å². The highest BCUT2D eigenvalue weighted by Crippen LogP contribution is 2.26. The molecule has 3 aromatic rings. The van der Waals surface area contributed by atoms with E-state index >= 15 is 0 Å². The number of benzene rings is 1. The standard InChI is InChI=1S/C16H16N4OS2/c1-10(2)12-7-15(18-9-17-12)22-8-14(21)20-16-19-11-5-3-4-6-13(11)23-16/h3-7,9-10H,8H2,1-2H3,(H,19,20,21). The lowest BCUT2D eigenvalue weighted by Gasteiger charge is -2.05. The van der Waals surface area contributed by atoms with E-state index in [1.165, 1.54) is 23.1 Å². The summed E-state index contributed by atoms with van der Waals surface area (Å²) in [4.78, 5) is 24.9. The molecule has 0 bridgehead atoms. The largest absolute Gasteiger partial charge is 0.301 e. The van der Waals surface area contributed by atoms with Crippen LogP contribution in [0.15, 0.2) is 41.7 Å². The molecule has 1 aromatic carbocycles. The number of nitrogens with zero attached hydrogens (tertiary/aromatic N) is 3. The molecule has 1 amide bonds. The van der Waals surface area contributed by atoms with Crippen molar-refractivity contribution in [1.29, 1.82) is 0 Å².